The first-order valence-corrected chi connectivity index (χ1v) is 14.2. The van der Waals surface area contributed by atoms with Gasteiger partial charge in [0, 0.05) is 12.7 Å². The molecule has 4 amide bonds. The molecule has 4 rings (SSSR count). The highest BCUT2D eigenvalue weighted by molar-refractivity contribution is 5.97. The Bertz CT molecular complexity index is 1220. The van der Waals surface area contributed by atoms with Crippen molar-refractivity contribution in [3.8, 4) is 0 Å². The maximum absolute atomic E-state index is 14.1. The fraction of sp³-hybridized carbons (Fsp3) is 0.517. The van der Waals surface area contributed by atoms with Crippen molar-refractivity contribution in [2.45, 2.75) is 57.7 Å². The van der Waals surface area contributed by atoms with Crippen LogP contribution < -0.4 is 5.32 Å². The van der Waals surface area contributed by atoms with Gasteiger partial charge in [-0.15, -0.1) is 0 Å². The van der Waals surface area contributed by atoms with Gasteiger partial charge >= 0.3 is 6.09 Å². The Balaban J connectivity index is 1.53. The number of aromatic nitrogens is 2. The average Bonchev–Trinajstić information content (AvgIpc) is 3.65. The van der Waals surface area contributed by atoms with Gasteiger partial charge in [-0.2, -0.15) is 0 Å². The van der Waals surface area contributed by atoms with Crippen molar-refractivity contribution >= 4 is 30.1 Å². The molecule has 2 atom stereocenters. The minimum atomic E-state index is -1.33. The van der Waals surface area contributed by atoms with E-state index in [1.807, 2.05) is 49.3 Å². The molecule has 13 heteroatoms. The van der Waals surface area contributed by atoms with Gasteiger partial charge in [-0.3, -0.25) is 19.2 Å². The van der Waals surface area contributed by atoms with Crippen LogP contribution in [0.25, 0.3) is 0 Å². The summed E-state index contributed by atoms with van der Waals surface area (Å²) in [6.07, 6.45) is 5.31. The number of carboxylic acid groups (broad SMARTS) is 1. The summed E-state index contributed by atoms with van der Waals surface area (Å²) < 4.78 is 0. The first kappa shape index (κ1) is 30.8. The molecule has 13 nitrogen and oxygen atoms in total. The first-order valence-electron chi connectivity index (χ1n) is 14.2. The Labute approximate surface area is 245 Å². The fourth-order valence-electron chi connectivity index (χ4n) is 5.55. The van der Waals surface area contributed by atoms with E-state index in [0.29, 0.717) is 25.2 Å². The van der Waals surface area contributed by atoms with Gasteiger partial charge in [-0.25, -0.2) is 29.8 Å². The van der Waals surface area contributed by atoms with Crippen LogP contribution in [-0.2, 0) is 32.4 Å². The van der Waals surface area contributed by atoms with Crippen molar-refractivity contribution in [1.82, 2.24) is 29.9 Å². The number of hydrogen-bond donors (Lipinski definition) is 2. The number of nitrogens with zero attached hydrogens (tertiary/aromatic N) is 6. The highest BCUT2D eigenvalue weighted by atomic mass is 16.7. The predicted octanol–water partition coefficient (Wildman–Crippen LogP) is 2.76. The zero-order valence-corrected chi connectivity index (χ0v) is 24.1. The number of hydrazine groups is 1. The third-order valence-corrected chi connectivity index (χ3v) is 7.53. The molecule has 0 spiro atoms. The lowest BCUT2D eigenvalue weighted by atomic mass is 9.92. The number of benzene rings is 1. The Morgan fingerprint density at radius 3 is 2.55 bits per heavy atom. The number of amides is 4. The van der Waals surface area contributed by atoms with Crippen LogP contribution in [0.5, 0.6) is 0 Å². The molecule has 1 aromatic carbocycles. The first-order chi connectivity index (χ1) is 20.2. The summed E-state index contributed by atoms with van der Waals surface area (Å²) in [5.74, 6) is -0.829. The van der Waals surface area contributed by atoms with Crippen LogP contribution in [0.2, 0.25) is 0 Å². The van der Waals surface area contributed by atoms with E-state index in [1.54, 1.807) is 6.07 Å². The van der Waals surface area contributed by atoms with Gasteiger partial charge in [-0.05, 0) is 44.5 Å². The second kappa shape index (κ2) is 14.7. The summed E-state index contributed by atoms with van der Waals surface area (Å²) in [4.78, 5) is 67.9. The quantitative estimate of drug-likeness (QED) is 0.269. The molecule has 1 saturated heterocycles. The minimum absolute atomic E-state index is 0.0210. The lowest BCUT2D eigenvalue weighted by Gasteiger charge is -2.34. The molecule has 0 radical (unpaired) electrons. The Kier molecular flexibility index (Phi) is 10.8. The standard InChI is InChI=1S/C29H39N7O6/c1-33(2)18-26-30-14-12-25(31-26)32-27(38)24-13-15-35(29(40)41)36(24)28(39)23(16-21-8-6-7-9-21)17-34(20-37)42-19-22-10-4-3-5-11-22/h3-5,10-12,14,20-21,23-24H,6-9,13,15-19H2,1-2H3,(H,40,41)(H,30,31,32,38)/t23-,24+/m1/s1. The molecule has 42 heavy (non-hydrogen) atoms. The van der Waals surface area contributed by atoms with E-state index in [1.165, 1.54) is 6.20 Å². The molecule has 2 fully saturated rings. The van der Waals surface area contributed by atoms with E-state index in [0.717, 1.165) is 46.3 Å². The lowest BCUT2D eigenvalue weighted by molar-refractivity contribution is -0.185. The second-order valence-electron chi connectivity index (χ2n) is 11.0. The van der Waals surface area contributed by atoms with E-state index < -0.39 is 29.9 Å². The third kappa shape index (κ3) is 8.23. The number of rotatable bonds is 13. The molecule has 226 valence electrons. The van der Waals surface area contributed by atoms with Crippen LogP contribution in [0, 0.1) is 11.8 Å². The number of hydroxylamine groups is 2. The van der Waals surface area contributed by atoms with E-state index >= 15 is 0 Å². The Morgan fingerprint density at radius 2 is 1.88 bits per heavy atom. The maximum Gasteiger partial charge on any atom is 0.426 e. The molecule has 1 aromatic heterocycles. The van der Waals surface area contributed by atoms with Crippen molar-refractivity contribution in [3.05, 3.63) is 54.0 Å². The van der Waals surface area contributed by atoms with Gasteiger partial charge in [-0.1, -0.05) is 56.0 Å². The van der Waals surface area contributed by atoms with Crippen LogP contribution in [0.4, 0.5) is 10.6 Å². The normalized spacial score (nSPS) is 17.8. The highest BCUT2D eigenvalue weighted by Gasteiger charge is 2.45. The molecule has 2 heterocycles. The third-order valence-electron chi connectivity index (χ3n) is 7.53. The van der Waals surface area contributed by atoms with Crippen molar-refractivity contribution in [3.63, 3.8) is 0 Å². The van der Waals surface area contributed by atoms with E-state index in [-0.39, 0.29) is 37.9 Å². The fourth-order valence-corrected chi connectivity index (χ4v) is 5.55. The average molecular weight is 582 g/mol. The van der Waals surface area contributed by atoms with Gasteiger partial charge in [0.15, 0.2) is 0 Å². The van der Waals surface area contributed by atoms with Gasteiger partial charge in [0.2, 0.25) is 12.3 Å². The zero-order chi connectivity index (χ0) is 30.1. The van der Waals surface area contributed by atoms with Gasteiger partial charge < -0.3 is 15.3 Å². The summed E-state index contributed by atoms with van der Waals surface area (Å²) in [6.45, 7) is 0.512. The van der Waals surface area contributed by atoms with Crippen LogP contribution in [0.15, 0.2) is 42.6 Å². The molecule has 1 saturated carbocycles. The molecule has 0 bridgehead atoms. The lowest BCUT2D eigenvalue weighted by Crippen LogP contribution is -2.54. The topological polar surface area (TPSA) is 149 Å². The molecule has 2 aliphatic rings. The SMILES string of the molecule is CN(C)Cc1nccc(NC(=O)[C@@H]2CCN(C(=O)O)N2C(=O)[C@H](CC2CCCC2)CN(C=O)OCc2ccccc2)n1. The van der Waals surface area contributed by atoms with E-state index in [4.69, 9.17) is 4.84 Å². The monoisotopic (exact) mass is 581 g/mol. The molecular formula is C29H39N7O6. The molecule has 2 N–H and O–H groups in total. The van der Waals surface area contributed by atoms with Gasteiger partial charge in [0.1, 0.15) is 24.3 Å². The molecule has 0 unspecified atom stereocenters. The van der Waals surface area contributed by atoms with E-state index in [2.05, 4.69) is 15.3 Å². The number of hydrogen-bond acceptors (Lipinski definition) is 8. The van der Waals surface area contributed by atoms with Crippen molar-refractivity contribution < 1.29 is 29.1 Å². The van der Waals surface area contributed by atoms with E-state index in [9.17, 15) is 24.3 Å². The van der Waals surface area contributed by atoms with Gasteiger partial charge in [0.25, 0.3) is 5.91 Å². The number of nitrogens with one attached hydrogen (secondary N) is 1. The smallest absolute Gasteiger partial charge is 0.426 e. The van der Waals surface area contributed by atoms with Crippen LogP contribution in [-0.4, -0.2) is 92.6 Å². The van der Waals surface area contributed by atoms with Crippen molar-refractivity contribution in [2.75, 3.05) is 32.5 Å². The molecule has 1 aliphatic carbocycles. The Hall–Kier alpha value is -4.10. The molecule has 2 aromatic rings. The molecular weight excluding hydrogens is 542 g/mol. The second-order valence-corrected chi connectivity index (χ2v) is 11.0. The maximum atomic E-state index is 14.1. The summed E-state index contributed by atoms with van der Waals surface area (Å²) in [5, 5.41) is 15.7. The number of carbonyl (C=O) groups excluding carboxylic acids is 3. The summed E-state index contributed by atoms with van der Waals surface area (Å²) in [6, 6.07) is 9.80. The van der Waals surface area contributed by atoms with Crippen molar-refractivity contribution in [2.24, 2.45) is 11.8 Å². The summed E-state index contributed by atoms with van der Waals surface area (Å²) in [7, 11) is 3.75. The highest BCUT2D eigenvalue weighted by Crippen LogP contribution is 2.33. The Morgan fingerprint density at radius 1 is 1.14 bits per heavy atom. The van der Waals surface area contributed by atoms with Crippen LogP contribution >= 0.6 is 0 Å². The summed E-state index contributed by atoms with van der Waals surface area (Å²) >= 11 is 0. The number of anilines is 1. The summed E-state index contributed by atoms with van der Waals surface area (Å²) in [5.41, 5.74) is 0.856. The number of carbonyl (C=O) groups is 4. The van der Waals surface area contributed by atoms with Gasteiger partial charge in [0.05, 0.1) is 19.0 Å². The van der Waals surface area contributed by atoms with Crippen LogP contribution in [0.3, 0.4) is 0 Å². The largest absolute Gasteiger partial charge is 0.464 e. The van der Waals surface area contributed by atoms with Crippen LogP contribution in [0.1, 0.15) is 49.9 Å². The minimum Gasteiger partial charge on any atom is -0.464 e. The zero-order valence-electron chi connectivity index (χ0n) is 24.1. The van der Waals surface area contributed by atoms with Crippen molar-refractivity contribution in [1.29, 1.82) is 0 Å². The predicted molar refractivity (Wildman–Crippen MR) is 152 cm³/mol. The molecule has 1 aliphatic heterocycles.